The molecule has 0 amide bonds. The molecule has 0 fully saturated rings. The number of nitrogens with two attached hydrogens (primary N) is 1. The molecule has 1 atom stereocenters. The molecule has 1 unspecified atom stereocenters. The highest BCUT2D eigenvalue weighted by molar-refractivity contribution is 5.34. The van der Waals surface area contributed by atoms with Gasteiger partial charge in [0.15, 0.2) is 0 Å². The van der Waals surface area contributed by atoms with Crippen molar-refractivity contribution in [3.8, 4) is 5.75 Å². The molecule has 2 aromatic carbocycles. The van der Waals surface area contributed by atoms with Gasteiger partial charge in [-0.2, -0.15) is 0 Å². The van der Waals surface area contributed by atoms with Crippen LogP contribution in [0.3, 0.4) is 0 Å². The van der Waals surface area contributed by atoms with Crippen LogP contribution in [0.1, 0.15) is 24.5 Å². The fraction of sp³-hybridized carbons (Fsp3) is 0.294. The molecule has 2 nitrogen and oxygen atoms in total. The number of hydrogen-bond donors (Lipinski definition) is 1. The number of benzene rings is 2. The fourth-order valence-electron chi connectivity index (χ4n) is 1.98. The molecular weight excluding hydrogens is 253 g/mol. The van der Waals surface area contributed by atoms with E-state index >= 15 is 0 Å². The summed E-state index contributed by atoms with van der Waals surface area (Å²) in [5, 5.41) is 0. The smallest absolute Gasteiger partial charge is 0.123 e. The lowest BCUT2D eigenvalue weighted by Crippen LogP contribution is -2.21. The van der Waals surface area contributed by atoms with Crippen LogP contribution in [0.15, 0.2) is 48.5 Å². The topological polar surface area (TPSA) is 35.2 Å². The van der Waals surface area contributed by atoms with Crippen molar-refractivity contribution in [3.05, 3.63) is 65.5 Å². The van der Waals surface area contributed by atoms with Gasteiger partial charge in [-0.25, -0.2) is 4.39 Å². The molecular formula is C17H20FNO. The molecule has 2 N–H and O–H groups in total. The third kappa shape index (κ3) is 4.07. The van der Waals surface area contributed by atoms with Gasteiger partial charge in [0, 0.05) is 6.04 Å². The third-order valence-corrected chi connectivity index (χ3v) is 3.29. The van der Waals surface area contributed by atoms with Crippen LogP contribution in [-0.2, 0) is 13.0 Å². The van der Waals surface area contributed by atoms with Crippen molar-refractivity contribution in [2.24, 2.45) is 5.73 Å². The summed E-state index contributed by atoms with van der Waals surface area (Å²) in [7, 11) is 0. The van der Waals surface area contributed by atoms with Crippen molar-refractivity contribution in [1.82, 2.24) is 0 Å². The SMILES string of the molecule is CCC(N)Cc1ccccc1OCc1ccc(F)cc1. The Kier molecular flexibility index (Phi) is 5.13. The van der Waals surface area contributed by atoms with E-state index in [1.54, 1.807) is 12.1 Å². The van der Waals surface area contributed by atoms with Gasteiger partial charge >= 0.3 is 0 Å². The Hall–Kier alpha value is -1.87. The molecule has 0 radical (unpaired) electrons. The first-order valence-electron chi connectivity index (χ1n) is 6.89. The zero-order valence-corrected chi connectivity index (χ0v) is 11.7. The Morgan fingerprint density at radius 3 is 2.50 bits per heavy atom. The predicted molar refractivity (Wildman–Crippen MR) is 79.1 cm³/mol. The molecule has 0 aliphatic rings. The molecule has 0 saturated carbocycles. The second kappa shape index (κ2) is 7.06. The van der Waals surface area contributed by atoms with Crippen molar-refractivity contribution in [1.29, 1.82) is 0 Å². The van der Waals surface area contributed by atoms with E-state index in [1.165, 1.54) is 12.1 Å². The summed E-state index contributed by atoms with van der Waals surface area (Å²) in [5.74, 6) is 0.615. The quantitative estimate of drug-likeness (QED) is 0.871. The molecule has 106 valence electrons. The van der Waals surface area contributed by atoms with Crippen LogP contribution in [0.25, 0.3) is 0 Å². The molecule has 0 aliphatic carbocycles. The lowest BCUT2D eigenvalue weighted by atomic mass is 10.0. The summed E-state index contributed by atoms with van der Waals surface area (Å²) in [6, 6.07) is 14.4. The number of halogens is 1. The Morgan fingerprint density at radius 1 is 1.10 bits per heavy atom. The van der Waals surface area contributed by atoms with Gasteiger partial charge in [0.1, 0.15) is 18.2 Å². The van der Waals surface area contributed by atoms with Gasteiger partial charge in [-0.3, -0.25) is 0 Å². The maximum absolute atomic E-state index is 12.8. The second-order valence-corrected chi connectivity index (χ2v) is 4.90. The predicted octanol–water partition coefficient (Wildman–Crippen LogP) is 3.68. The van der Waals surface area contributed by atoms with Crippen molar-refractivity contribution in [2.45, 2.75) is 32.4 Å². The average molecular weight is 273 g/mol. The molecule has 2 rings (SSSR count). The van der Waals surface area contributed by atoms with Gasteiger partial charge in [-0.15, -0.1) is 0 Å². The largest absolute Gasteiger partial charge is 0.489 e. The van der Waals surface area contributed by atoms with Crippen LogP contribution >= 0.6 is 0 Å². The highest BCUT2D eigenvalue weighted by Crippen LogP contribution is 2.21. The maximum Gasteiger partial charge on any atom is 0.123 e. The third-order valence-electron chi connectivity index (χ3n) is 3.29. The van der Waals surface area contributed by atoms with Crippen molar-refractivity contribution in [2.75, 3.05) is 0 Å². The van der Waals surface area contributed by atoms with Gasteiger partial charge < -0.3 is 10.5 Å². The summed E-state index contributed by atoms with van der Waals surface area (Å²) in [6.07, 6.45) is 1.74. The Labute approximate surface area is 119 Å². The normalized spacial score (nSPS) is 12.2. The summed E-state index contributed by atoms with van der Waals surface area (Å²) in [5.41, 5.74) is 8.06. The van der Waals surface area contributed by atoms with Crippen molar-refractivity contribution >= 4 is 0 Å². The lowest BCUT2D eigenvalue weighted by Gasteiger charge is -2.14. The Balaban J connectivity index is 2.03. The van der Waals surface area contributed by atoms with E-state index in [1.807, 2.05) is 24.3 Å². The minimum atomic E-state index is -0.233. The zero-order valence-electron chi connectivity index (χ0n) is 11.7. The van der Waals surface area contributed by atoms with E-state index in [9.17, 15) is 4.39 Å². The van der Waals surface area contributed by atoms with E-state index in [-0.39, 0.29) is 11.9 Å². The molecule has 2 aromatic rings. The molecule has 0 spiro atoms. The number of ether oxygens (including phenoxy) is 1. The maximum atomic E-state index is 12.8. The lowest BCUT2D eigenvalue weighted by molar-refractivity contribution is 0.302. The summed E-state index contributed by atoms with van der Waals surface area (Å²) in [4.78, 5) is 0. The van der Waals surface area contributed by atoms with Crippen molar-refractivity contribution in [3.63, 3.8) is 0 Å². The van der Waals surface area contributed by atoms with Crippen LogP contribution in [0, 0.1) is 5.82 Å². The molecule has 0 bridgehead atoms. The minimum Gasteiger partial charge on any atom is -0.489 e. The summed E-state index contributed by atoms with van der Waals surface area (Å²) in [6.45, 7) is 2.51. The fourth-order valence-corrected chi connectivity index (χ4v) is 1.98. The highest BCUT2D eigenvalue weighted by atomic mass is 19.1. The average Bonchev–Trinajstić information content (AvgIpc) is 2.48. The van der Waals surface area contributed by atoms with Crippen LogP contribution in [0.2, 0.25) is 0 Å². The first kappa shape index (κ1) is 14.5. The zero-order chi connectivity index (χ0) is 14.4. The molecule has 0 aliphatic heterocycles. The van der Waals surface area contributed by atoms with E-state index in [2.05, 4.69) is 6.92 Å². The molecule has 0 aromatic heterocycles. The van der Waals surface area contributed by atoms with Gasteiger partial charge in [-0.05, 0) is 42.2 Å². The Morgan fingerprint density at radius 2 is 1.80 bits per heavy atom. The molecule has 3 heteroatoms. The van der Waals surface area contributed by atoms with Gasteiger partial charge in [0.25, 0.3) is 0 Å². The van der Waals surface area contributed by atoms with E-state index < -0.39 is 0 Å². The van der Waals surface area contributed by atoms with Gasteiger partial charge in [-0.1, -0.05) is 37.3 Å². The second-order valence-electron chi connectivity index (χ2n) is 4.90. The first-order valence-corrected chi connectivity index (χ1v) is 6.89. The van der Waals surface area contributed by atoms with E-state index in [4.69, 9.17) is 10.5 Å². The number of para-hydroxylation sites is 1. The number of hydrogen-bond acceptors (Lipinski definition) is 2. The molecule has 20 heavy (non-hydrogen) atoms. The van der Waals surface area contributed by atoms with E-state index in [0.29, 0.717) is 6.61 Å². The minimum absolute atomic E-state index is 0.144. The number of rotatable bonds is 6. The monoisotopic (exact) mass is 273 g/mol. The summed E-state index contributed by atoms with van der Waals surface area (Å²) < 4.78 is 18.7. The van der Waals surface area contributed by atoms with Crippen LogP contribution in [-0.4, -0.2) is 6.04 Å². The van der Waals surface area contributed by atoms with Gasteiger partial charge in [0.2, 0.25) is 0 Å². The standard InChI is InChI=1S/C17H20FNO/c1-2-16(19)11-14-5-3-4-6-17(14)20-12-13-7-9-15(18)10-8-13/h3-10,16H,2,11-12,19H2,1H3. The van der Waals surface area contributed by atoms with Crippen molar-refractivity contribution < 1.29 is 9.13 Å². The molecule has 0 saturated heterocycles. The van der Waals surface area contributed by atoms with Crippen LogP contribution in [0.4, 0.5) is 4.39 Å². The first-order chi connectivity index (χ1) is 9.69. The van der Waals surface area contributed by atoms with Crippen LogP contribution < -0.4 is 10.5 Å². The summed E-state index contributed by atoms with van der Waals surface area (Å²) >= 11 is 0. The van der Waals surface area contributed by atoms with E-state index in [0.717, 1.165) is 29.7 Å². The van der Waals surface area contributed by atoms with Crippen LogP contribution in [0.5, 0.6) is 5.75 Å². The van der Waals surface area contributed by atoms with Gasteiger partial charge in [0.05, 0.1) is 0 Å². The Bertz CT molecular complexity index is 539. The highest BCUT2D eigenvalue weighted by Gasteiger charge is 2.07. The molecule has 0 heterocycles.